The molecule has 6 nitrogen and oxygen atoms in total. The molecule has 1 amide bonds. The van der Waals surface area contributed by atoms with Crippen LogP contribution >= 0.6 is 11.3 Å². The van der Waals surface area contributed by atoms with Gasteiger partial charge in [0, 0.05) is 23.1 Å². The Morgan fingerprint density at radius 2 is 1.94 bits per heavy atom. The highest BCUT2D eigenvalue weighted by Gasteiger charge is 2.12. The van der Waals surface area contributed by atoms with Crippen LogP contribution in [0.4, 0.5) is 5.13 Å². The lowest BCUT2D eigenvalue weighted by atomic mass is 10.0. The molecule has 156 valence electrons. The number of aldehydes is 1. The average molecular weight is 433 g/mol. The molecule has 0 fully saturated rings. The van der Waals surface area contributed by atoms with Crippen LogP contribution in [-0.2, 0) is 11.2 Å². The van der Waals surface area contributed by atoms with Gasteiger partial charge in [0.15, 0.2) is 23.2 Å². The van der Waals surface area contributed by atoms with Crippen LogP contribution in [0.1, 0.15) is 20.8 Å². The number of thiazole rings is 1. The summed E-state index contributed by atoms with van der Waals surface area (Å²) >= 11 is 1.43. The van der Waals surface area contributed by atoms with Crippen LogP contribution in [0.5, 0.6) is 11.5 Å². The van der Waals surface area contributed by atoms with Gasteiger partial charge in [-0.2, -0.15) is 0 Å². The predicted molar refractivity (Wildman–Crippen MR) is 121 cm³/mol. The highest BCUT2D eigenvalue weighted by molar-refractivity contribution is 7.15. The van der Waals surface area contributed by atoms with Crippen molar-refractivity contribution in [3.63, 3.8) is 0 Å². The van der Waals surface area contributed by atoms with E-state index in [-0.39, 0.29) is 12.5 Å². The number of amides is 1. The standard InChI is InChI=1S/C24H20N2O4S/c1-29-21-10-9-16(14-27)11-22(21)30-15-23(28)26-24-25-13-19(31-24)12-18-7-4-6-17-5-2-3-8-20(17)18/h2-11,13-14H,12,15H2,1H3,(H,25,26,28). The molecule has 0 saturated heterocycles. The monoisotopic (exact) mass is 432 g/mol. The van der Waals surface area contributed by atoms with E-state index in [0.717, 1.165) is 11.3 Å². The Morgan fingerprint density at radius 3 is 2.77 bits per heavy atom. The molecular weight excluding hydrogens is 412 g/mol. The number of fused-ring (bicyclic) bond motifs is 1. The second kappa shape index (κ2) is 9.40. The third-order valence-corrected chi connectivity index (χ3v) is 5.64. The van der Waals surface area contributed by atoms with Crippen molar-refractivity contribution in [2.75, 3.05) is 19.0 Å². The molecule has 4 aromatic rings. The van der Waals surface area contributed by atoms with Crippen molar-refractivity contribution < 1.29 is 19.1 Å². The molecule has 0 unspecified atom stereocenters. The van der Waals surface area contributed by atoms with Gasteiger partial charge in [-0.1, -0.05) is 42.5 Å². The van der Waals surface area contributed by atoms with Crippen molar-refractivity contribution >= 4 is 39.4 Å². The molecule has 1 heterocycles. The van der Waals surface area contributed by atoms with E-state index in [1.807, 2.05) is 18.2 Å². The predicted octanol–water partition coefficient (Wildman–Crippen LogP) is 4.73. The number of anilines is 1. The molecule has 4 rings (SSSR count). The van der Waals surface area contributed by atoms with E-state index in [2.05, 4.69) is 34.6 Å². The van der Waals surface area contributed by atoms with Crippen molar-refractivity contribution in [1.82, 2.24) is 4.98 Å². The fourth-order valence-electron chi connectivity index (χ4n) is 3.26. The van der Waals surface area contributed by atoms with Crippen LogP contribution in [0, 0.1) is 0 Å². The third kappa shape index (κ3) is 4.90. The molecule has 7 heteroatoms. The summed E-state index contributed by atoms with van der Waals surface area (Å²) in [6, 6.07) is 19.3. The van der Waals surface area contributed by atoms with E-state index in [1.54, 1.807) is 18.3 Å². The van der Waals surface area contributed by atoms with Gasteiger partial charge < -0.3 is 9.47 Å². The summed E-state index contributed by atoms with van der Waals surface area (Å²) in [5, 5.41) is 5.68. The minimum atomic E-state index is -0.343. The first-order chi connectivity index (χ1) is 15.2. The van der Waals surface area contributed by atoms with Gasteiger partial charge in [-0.3, -0.25) is 14.9 Å². The Bertz CT molecular complexity index is 1230. The van der Waals surface area contributed by atoms with E-state index in [1.165, 1.54) is 40.8 Å². The Balaban J connectivity index is 1.39. The van der Waals surface area contributed by atoms with E-state index in [4.69, 9.17) is 9.47 Å². The zero-order valence-electron chi connectivity index (χ0n) is 16.8. The number of methoxy groups -OCH3 is 1. The summed E-state index contributed by atoms with van der Waals surface area (Å²) in [7, 11) is 1.50. The second-order valence-electron chi connectivity index (χ2n) is 6.81. The molecule has 0 aliphatic rings. The third-order valence-electron chi connectivity index (χ3n) is 4.73. The van der Waals surface area contributed by atoms with Crippen molar-refractivity contribution in [1.29, 1.82) is 0 Å². The minimum Gasteiger partial charge on any atom is -0.493 e. The summed E-state index contributed by atoms with van der Waals surface area (Å²) in [6.45, 7) is -0.225. The maximum atomic E-state index is 12.3. The van der Waals surface area contributed by atoms with Gasteiger partial charge in [-0.25, -0.2) is 4.98 Å². The summed E-state index contributed by atoms with van der Waals surface area (Å²) in [5.74, 6) is 0.438. The van der Waals surface area contributed by atoms with Crippen molar-refractivity contribution in [3.8, 4) is 11.5 Å². The lowest BCUT2D eigenvalue weighted by Gasteiger charge is -2.10. The Hall–Kier alpha value is -3.71. The van der Waals surface area contributed by atoms with Gasteiger partial charge in [0.05, 0.1) is 7.11 Å². The first-order valence-corrected chi connectivity index (χ1v) is 10.4. The van der Waals surface area contributed by atoms with Crippen LogP contribution < -0.4 is 14.8 Å². The lowest BCUT2D eigenvalue weighted by Crippen LogP contribution is -2.20. The first kappa shape index (κ1) is 20.6. The van der Waals surface area contributed by atoms with Gasteiger partial charge in [-0.15, -0.1) is 11.3 Å². The number of carbonyl (C=O) groups excluding carboxylic acids is 2. The average Bonchev–Trinajstić information content (AvgIpc) is 3.24. The zero-order chi connectivity index (χ0) is 21.6. The number of benzene rings is 3. The Kier molecular flexibility index (Phi) is 6.24. The summed E-state index contributed by atoms with van der Waals surface area (Å²) in [4.78, 5) is 28.6. The van der Waals surface area contributed by atoms with Gasteiger partial charge in [-0.05, 0) is 34.5 Å². The first-order valence-electron chi connectivity index (χ1n) is 9.63. The van der Waals surface area contributed by atoms with Crippen molar-refractivity contribution in [3.05, 3.63) is 82.9 Å². The molecule has 0 aliphatic carbocycles. The van der Waals surface area contributed by atoms with Crippen LogP contribution in [-0.4, -0.2) is 30.9 Å². The minimum absolute atomic E-state index is 0.225. The molecule has 31 heavy (non-hydrogen) atoms. The second-order valence-corrected chi connectivity index (χ2v) is 7.93. The number of ether oxygens (including phenoxy) is 2. The molecule has 0 bridgehead atoms. The van der Waals surface area contributed by atoms with Crippen molar-refractivity contribution in [2.45, 2.75) is 6.42 Å². The fraction of sp³-hybridized carbons (Fsp3) is 0.125. The molecule has 3 aromatic carbocycles. The normalized spacial score (nSPS) is 10.6. The van der Waals surface area contributed by atoms with Crippen LogP contribution in [0.2, 0.25) is 0 Å². The Morgan fingerprint density at radius 1 is 1.10 bits per heavy atom. The molecule has 0 atom stereocenters. The largest absolute Gasteiger partial charge is 0.493 e. The van der Waals surface area contributed by atoms with E-state index in [0.29, 0.717) is 28.5 Å². The van der Waals surface area contributed by atoms with Crippen LogP contribution in [0.15, 0.2) is 66.9 Å². The number of nitrogens with zero attached hydrogens (tertiary/aromatic N) is 1. The summed E-state index contributed by atoms with van der Waals surface area (Å²) in [6.07, 6.45) is 3.22. The molecule has 0 spiro atoms. The number of rotatable bonds is 8. The molecule has 1 aromatic heterocycles. The molecule has 1 N–H and O–H groups in total. The number of hydrogen-bond acceptors (Lipinski definition) is 6. The maximum absolute atomic E-state index is 12.3. The topological polar surface area (TPSA) is 77.5 Å². The molecule has 0 saturated carbocycles. The van der Waals surface area contributed by atoms with Crippen LogP contribution in [0.25, 0.3) is 10.8 Å². The van der Waals surface area contributed by atoms with Gasteiger partial charge in [0.1, 0.15) is 6.29 Å². The number of nitrogens with one attached hydrogen (secondary N) is 1. The van der Waals surface area contributed by atoms with E-state index >= 15 is 0 Å². The van der Waals surface area contributed by atoms with Crippen molar-refractivity contribution in [2.24, 2.45) is 0 Å². The zero-order valence-corrected chi connectivity index (χ0v) is 17.6. The van der Waals surface area contributed by atoms with Crippen LogP contribution in [0.3, 0.4) is 0 Å². The van der Waals surface area contributed by atoms with E-state index < -0.39 is 0 Å². The SMILES string of the molecule is COc1ccc(C=O)cc1OCC(=O)Nc1ncc(Cc2cccc3ccccc23)s1. The van der Waals surface area contributed by atoms with Gasteiger partial charge in [0.2, 0.25) is 0 Å². The summed E-state index contributed by atoms with van der Waals surface area (Å²) in [5.41, 5.74) is 1.65. The summed E-state index contributed by atoms with van der Waals surface area (Å²) < 4.78 is 10.7. The fourth-order valence-corrected chi connectivity index (χ4v) is 4.11. The molecular formula is C24H20N2O4S. The number of hydrogen-bond donors (Lipinski definition) is 1. The van der Waals surface area contributed by atoms with Gasteiger partial charge >= 0.3 is 0 Å². The lowest BCUT2D eigenvalue weighted by molar-refractivity contribution is -0.118. The number of aromatic nitrogens is 1. The van der Waals surface area contributed by atoms with Gasteiger partial charge in [0.25, 0.3) is 5.91 Å². The smallest absolute Gasteiger partial charge is 0.264 e. The quantitative estimate of drug-likeness (QED) is 0.408. The van der Waals surface area contributed by atoms with E-state index in [9.17, 15) is 9.59 Å². The maximum Gasteiger partial charge on any atom is 0.264 e. The Labute approximate surface area is 183 Å². The molecule has 0 aliphatic heterocycles. The number of carbonyl (C=O) groups is 2. The molecule has 0 radical (unpaired) electrons. The highest BCUT2D eigenvalue weighted by atomic mass is 32.1. The highest BCUT2D eigenvalue weighted by Crippen LogP contribution is 2.28.